The molecule has 0 aromatic rings. The van der Waals surface area contributed by atoms with Crippen molar-refractivity contribution >= 4 is 29.5 Å². The van der Waals surface area contributed by atoms with Gasteiger partial charge in [-0.05, 0) is 108 Å². The topological polar surface area (TPSA) is 160 Å². The van der Waals surface area contributed by atoms with Gasteiger partial charge in [-0.1, -0.05) is 38.5 Å². The molecule has 5 amide bonds. The molecule has 2 aliphatic heterocycles. The van der Waals surface area contributed by atoms with Gasteiger partial charge in [-0.2, -0.15) is 0 Å². The van der Waals surface area contributed by atoms with Crippen molar-refractivity contribution in [3.05, 3.63) is 0 Å². The molecule has 0 spiro atoms. The first-order chi connectivity index (χ1) is 22.4. The van der Waals surface area contributed by atoms with E-state index in [9.17, 15) is 24.0 Å². The van der Waals surface area contributed by atoms with E-state index >= 15 is 0 Å². The molecule has 6 saturated carbocycles. The molecule has 8 aliphatic rings. The fourth-order valence-corrected chi connectivity index (χ4v) is 11.3. The summed E-state index contributed by atoms with van der Waals surface area (Å²) < 4.78 is 6.37. The zero-order valence-corrected chi connectivity index (χ0v) is 28.3. The zero-order valence-electron chi connectivity index (χ0n) is 28.3. The Morgan fingerprint density at radius 2 is 1.49 bits per heavy atom. The molecule has 6 aliphatic carbocycles. The summed E-state index contributed by atoms with van der Waals surface area (Å²) in [6, 6.07) is -2.93. The van der Waals surface area contributed by atoms with Crippen molar-refractivity contribution in [2.45, 2.75) is 152 Å². The fraction of sp³-hybridized carbons (Fsp3) is 0.861. The van der Waals surface area contributed by atoms with Crippen LogP contribution in [-0.2, 0) is 23.9 Å². The van der Waals surface area contributed by atoms with Crippen molar-refractivity contribution in [2.75, 3.05) is 6.54 Å². The minimum atomic E-state index is -1.07. The number of Topliss-reactive ketones (excluding diaryl/α,β-unsaturated/α-hetero) is 1. The van der Waals surface area contributed by atoms with Crippen molar-refractivity contribution in [2.24, 2.45) is 41.2 Å². The van der Waals surface area contributed by atoms with Crippen LogP contribution >= 0.6 is 0 Å². The first-order valence-corrected chi connectivity index (χ1v) is 18.6. The third kappa shape index (κ3) is 6.66. The molecule has 0 aromatic carbocycles. The molecule has 2 unspecified atom stereocenters. The van der Waals surface area contributed by atoms with E-state index in [-0.39, 0.29) is 47.9 Å². The van der Waals surface area contributed by atoms with Crippen LogP contribution < -0.4 is 21.7 Å². The van der Waals surface area contributed by atoms with Crippen molar-refractivity contribution in [3.63, 3.8) is 0 Å². The summed E-state index contributed by atoms with van der Waals surface area (Å²) in [6.45, 7) is 4.22. The van der Waals surface area contributed by atoms with Gasteiger partial charge in [0.2, 0.25) is 17.6 Å². The lowest BCUT2D eigenvalue weighted by atomic mass is 9.53. The van der Waals surface area contributed by atoms with Gasteiger partial charge in [0.25, 0.3) is 5.91 Å². The third-order valence-electron chi connectivity index (χ3n) is 13.1. The van der Waals surface area contributed by atoms with Crippen LogP contribution in [0.2, 0.25) is 0 Å². The molecule has 47 heavy (non-hydrogen) atoms. The number of urea groups is 1. The highest BCUT2D eigenvalue weighted by atomic mass is 16.5. The number of nitrogens with zero attached hydrogens (tertiary/aromatic N) is 1. The minimum absolute atomic E-state index is 0.0253. The number of primary amides is 1. The normalized spacial score (nSPS) is 37.0. The number of nitrogens with one attached hydrogen (secondary N) is 3. The fourth-order valence-electron chi connectivity index (χ4n) is 11.3. The van der Waals surface area contributed by atoms with Crippen molar-refractivity contribution in [3.8, 4) is 0 Å². The molecule has 0 aromatic heterocycles. The van der Waals surface area contributed by atoms with Crippen LogP contribution in [0.4, 0.5) is 4.79 Å². The summed E-state index contributed by atoms with van der Waals surface area (Å²) in [5.41, 5.74) is 4.75. The predicted octanol–water partition coefficient (Wildman–Crippen LogP) is 3.33. The number of carbonyl (C=O) groups is 5. The number of hydrogen-bond donors (Lipinski definition) is 4. The number of ether oxygens (including phenoxy) is 1. The average Bonchev–Trinajstić information content (AvgIpc) is 3.47. The average molecular weight is 654 g/mol. The Morgan fingerprint density at radius 3 is 2.06 bits per heavy atom. The van der Waals surface area contributed by atoms with E-state index in [1.165, 1.54) is 19.3 Å². The monoisotopic (exact) mass is 653 g/mol. The van der Waals surface area contributed by atoms with Crippen LogP contribution in [0.1, 0.15) is 117 Å². The van der Waals surface area contributed by atoms with E-state index < -0.39 is 41.3 Å². The van der Waals surface area contributed by atoms with Gasteiger partial charge in [-0.3, -0.25) is 19.2 Å². The second-order valence-electron chi connectivity index (χ2n) is 17.2. The van der Waals surface area contributed by atoms with Gasteiger partial charge in [-0.15, -0.1) is 0 Å². The minimum Gasteiger partial charge on any atom is -0.370 e. The SMILES string of the molecule is CC1(C)C[C@H]2[C@H](CN(C(=O)C(NC(=O)NC34CC5CC(CC(C5)C3)C4)C3CCCCC3)[C@@H]2C(=O)NC(CC2CCC2)C(=O)C(N)=O)O1. The van der Waals surface area contributed by atoms with Gasteiger partial charge in [-0.25, -0.2) is 4.79 Å². The van der Waals surface area contributed by atoms with E-state index in [0.29, 0.717) is 30.6 Å². The summed E-state index contributed by atoms with van der Waals surface area (Å²) in [5, 5.41) is 9.43. The Kier molecular flexibility index (Phi) is 8.83. The van der Waals surface area contributed by atoms with Gasteiger partial charge < -0.3 is 31.3 Å². The number of amides is 5. The van der Waals surface area contributed by atoms with Crippen LogP contribution in [0.25, 0.3) is 0 Å². The lowest BCUT2D eigenvalue weighted by molar-refractivity contribution is -0.144. The van der Waals surface area contributed by atoms with Gasteiger partial charge in [0.05, 0.1) is 17.7 Å². The number of carbonyl (C=O) groups excluding carboxylic acids is 5. The standard InChI is InChI=1S/C36H55N5O6/c1-35(2)18-25-27(47-35)19-41(29(25)32(44)38-26(30(42)31(37)43)14-20-7-6-8-20)33(45)28(24-9-4-3-5-10-24)39-34(46)40-36-15-21-11-22(16-36)13-23(12-21)17-36/h20-29H,3-19H2,1-2H3,(H2,37,43)(H,38,44)(H2,39,40,46)/t21?,22?,23?,25-,26?,27-,28?,29-,36?/m0/s1. The van der Waals surface area contributed by atoms with E-state index in [1.807, 2.05) is 13.8 Å². The molecule has 2 heterocycles. The van der Waals surface area contributed by atoms with Gasteiger partial charge in [0, 0.05) is 18.0 Å². The summed E-state index contributed by atoms with van der Waals surface area (Å²) in [4.78, 5) is 69.2. The van der Waals surface area contributed by atoms with E-state index in [0.717, 1.165) is 70.6 Å². The van der Waals surface area contributed by atoms with E-state index in [2.05, 4.69) is 16.0 Å². The number of ketones is 1. The van der Waals surface area contributed by atoms with Crippen LogP contribution in [0, 0.1) is 35.5 Å². The third-order valence-corrected chi connectivity index (χ3v) is 13.1. The number of likely N-dealkylation sites (tertiary alicyclic amines) is 1. The highest BCUT2D eigenvalue weighted by Crippen LogP contribution is 2.55. The summed E-state index contributed by atoms with van der Waals surface area (Å²) in [5.74, 6) is -0.584. The Labute approximate surface area is 278 Å². The lowest BCUT2D eigenvalue weighted by Crippen LogP contribution is -2.64. The van der Waals surface area contributed by atoms with Gasteiger partial charge in [0.15, 0.2) is 0 Å². The van der Waals surface area contributed by atoms with Gasteiger partial charge in [0.1, 0.15) is 12.1 Å². The molecule has 11 nitrogen and oxygen atoms in total. The molecule has 8 fully saturated rings. The molecule has 2 saturated heterocycles. The zero-order chi connectivity index (χ0) is 33.1. The lowest BCUT2D eigenvalue weighted by Gasteiger charge is -2.56. The largest absolute Gasteiger partial charge is 0.370 e. The Hall–Kier alpha value is -2.69. The second kappa shape index (κ2) is 12.6. The maximum atomic E-state index is 14.7. The van der Waals surface area contributed by atoms with Crippen LogP contribution in [0.3, 0.4) is 0 Å². The Balaban J connectivity index is 1.11. The number of hydrogen-bond acceptors (Lipinski definition) is 6. The first kappa shape index (κ1) is 32.8. The number of fused-ring (bicyclic) bond motifs is 1. The molecule has 0 radical (unpaired) electrons. The predicted molar refractivity (Wildman–Crippen MR) is 174 cm³/mol. The van der Waals surface area contributed by atoms with Gasteiger partial charge >= 0.3 is 6.03 Å². The molecular formula is C36H55N5O6. The van der Waals surface area contributed by atoms with Crippen molar-refractivity contribution in [1.82, 2.24) is 20.9 Å². The van der Waals surface area contributed by atoms with Crippen LogP contribution in [0.15, 0.2) is 0 Å². The molecule has 4 bridgehead atoms. The van der Waals surface area contributed by atoms with E-state index in [4.69, 9.17) is 10.5 Å². The smallest absolute Gasteiger partial charge is 0.315 e. The van der Waals surface area contributed by atoms with Crippen LogP contribution in [0.5, 0.6) is 0 Å². The van der Waals surface area contributed by atoms with Crippen LogP contribution in [-0.4, -0.2) is 76.4 Å². The van der Waals surface area contributed by atoms with E-state index in [1.54, 1.807) is 4.90 Å². The molecule has 5 N–H and O–H groups in total. The highest BCUT2D eigenvalue weighted by molar-refractivity contribution is 6.37. The molecule has 5 atom stereocenters. The number of nitrogens with two attached hydrogens (primary N) is 1. The van der Waals surface area contributed by atoms with Crippen molar-refractivity contribution < 1.29 is 28.7 Å². The summed E-state index contributed by atoms with van der Waals surface area (Å²) in [6.07, 6.45) is 15.2. The Morgan fingerprint density at radius 1 is 0.851 bits per heavy atom. The quantitative estimate of drug-likeness (QED) is 0.265. The molecule has 8 rings (SSSR count). The maximum Gasteiger partial charge on any atom is 0.315 e. The Bertz CT molecular complexity index is 1240. The molecular weight excluding hydrogens is 598 g/mol. The van der Waals surface area contributed by atoms with Crippen molar-refractivity contribution in [1.29, 1.82) is 0 Å². The maximum absolute atomic E-state index is 14.7. The molecule has 11 heteroatoms. The number of rotatable bonds is 10. The summed E-state index contributed by atoms with van der Waals surface area (Å²) in [7, 11) is 0. The molecule has 260 valence electrons. The first-order valence-electron chi connectivity index (χ1n) is 18.6. The highest BCUT2D eigenvalue weighted by Gasteiger charge is 2.57. The second-order valence-corrected chi connectivity index (χ2v) is 17.2. The summed E-state index contributed by atoms with van der Waals surface area (Å²) >= 11 is 0.